The molecule has 2 heteroatoms. The van der Waals surface area contributed by atoms with Gasteiger partial charge in [-0.2, -0.15) is 0 Å². The first-order valence-electron chi connectivity index (χ1n) is 3.88. The lowest BCUT2D eigenvalue weighted by molar-refractivity contribution is 0.112. The Morgan fingerprint density at radius 1 is 1.70 bits per heavy atom. The highest BCUT2D eigenvalue weighted by atomic mass is 127. The molecule has 0 spiro atoms. The Bertz CT molecular complexity index is 116. The van der Waals surface area contributed by atoms with Crippen LogP contribution in [-0.2, 0) is 4.74 Å². The van der Waals surface area contributed by atoms with Crippen LogP contribution in [0.15, 0.2) is 0 Å². The zero-order chi connectivity index (χ0) is 7.61. The first-order chi connectivity index (χ1) is 4.70. The van der Waals surface area contributed by atoms with Crippen molar-refractivity contribution in [1.82, 2.24) is 0 Å². The predicted octanol–water partition coefficient (Wildman–Crippen LogP) is 2.63. The van der Waals surface area contributed by atoms with Gasteiger partial charge >= 0.3 is 0 Å². The summed E-state index contributed by atoms with van der Waals surface area (Å²) in [5.74, 6) is 0. The van der Waals surface area contributed by atoms with Gasteiger partial charge in [0.2, 0.25) is 0 Å². The first kappa shape index (κ1) is 8.78. The van der Waals surface area contributed by atoms with E-state index in [4.69, 9.17) is 4.74 Å². The normalized spacial score (nSPS) is 40.5. The van der Waals surface area contributed by atoms with E-state index in [1.165, 1.54) is 12.8 Å². The minimum absolute atomic E-state index is 0.482. The van der Waals surface area contributed by atoms with Gasteiger partial charge in [0.05, 0.1) is 12.7 Å². The van der Waals surface area contributed by atoms with E-state index in [2.05, 4.69) is 36.4 Å². The van der Waals surface area contributed by atoms with Gasteiger partial charge in [0.15, 0.2) is 0 Å². The third-order valence-electron chi connectivity index (χ3n) is 2.41. The van der Waals surface area contributed by atoms with Crippen molar-refractivity contribution < 1.29 is 4.74 Å². The summed E-state index contributed by atoms with van der Waals surface area (Å²) < 4.78 is 6.75. The maximum Gasteiger partial charge on any atom is 0.0670 e. The van der Waals surface area contributed by atoms with E-state index in [9.17, 15) is 0 Å². The molecule has 0 radical (unpaired) electrons. The highest BCUT2D eigenvalue weighted by molar-refractivity contribution is 14.1. The summed E-state index contributed by atoms with van der Waals surface area (Å²) in [5, 5.41) is 0. The molecule has 1 nitrogen and oxygen atoms in total. The number of hydrogen-bond acceptors (Lipinski definition) is 1. The Morgan fingerprint density at radius 3 is 2.70 bits per heavy atom. The Labute approximate surface area is 76.7 Å². The molecule has 1 aliphatic rings. The predicted molar refractivity (Wildman–Crippen MR) is 51.6 cm³/mol. The van der Waals surface area contributed by atoms with E-state index in [1.807, 2.05) is 0 Å². The van der Waals surface area contributed by atoms with Crippen molar-refractivity contribution in [3.8, 4) is 0 Å². The third-order valence-corrected chi connectivity index (χ3v) is 3.40. The van der Waals surface area contributed by atoms with Crippen molar-refractivity contribution in [2.24, 2.45) is 5.41 Å². The molecule has 0 unspecified atom stereocenters. The summed E-state index contributed by atoms with van der Waals surface area (Å²) in [5.41, 5.74) is 0.482. The molecule has 1 heterocycles. The van der Waals surface area contributed by atoms with Crippen LogP contribution < -0.4 is 0 Å². The molecule has 0 amide bonds. The third kappa shape index (κ3) is 1.84. The molecular formula is C8H15IO. The van der Waals surface area contributed by atoms with Crippen LogP contribution in [0.1, 0.15) is 26.7 Å². The van der Waals surface area contributed by atoms with Crippen LogP contribution in [0.2, 0.25) is 0 Å². The summed E-state index contributed by atoms with van der Waals surface area (Å²) in [6.07, 6.45) is 3.04. The Kier molecular flexibility index (Phi) is 2.98. The minimum Gasteiger partial charge on any atom is -0.377 e. The topological polar surface area (TPSA) is 9.23 Å². The van der Waals surface area contributed by atoms with Crippen molar-refractivity contribution >= 4 is 22.6 Å². The van der Waals surface area contributed by atoms with Gasteiger partial charge in [-0.1, -0.05) is 36.4 Å². The van der Waals surface area contributed by atoms with E-state index >= 15 is 0 Å². The molecule has 0 aromatic heterocycles. The smallest absolute Gasteiger partial charge is 0.0670 e. The van der Waals surface area contributed by atoms with Gasteiger partial charge in [-0.05, 0) is 18.3 Å². The highest BCUT2D eigenvalue weighted by Gasteiger charge is 2.33. The quantitative estimate of drug-likeness (QED) is 0.543. The van der Waals surface area contributed by atoms with Gasteiger partial charge < -0.3 is 4.74 Å². The number of halogens is 1. The Morgan fingerprint density at radius 2 is 2.40 bits per heavy atom. The molecule has 0 aromatic rings. The van der Waals surface area contributed by atoms with Gasteiger partial charge in [-0.3, -0.25) is 0 Å². The monoisotopic (exact) mass is 254 g/mol. The van der Waals surface area contributed by atoms with E-state index < -0.39 is 0 Å². The van der Waals surface area contributed by atoms with Crippen LogP contribution in [0.4, 0.5) is 0 Å². The average molecular weight is 254 g/mol. The Balaban J connectivity index is 2.41. The maximum absolute atomic E-state index is 5.60. The summed E-state index contributed by atoms with van der Waals surface area (Å²) in [4.78, 5) is 0. The molecule has 0 bridgehead atoms. The van der Waals surface area contributed by atoms with Crippen LogP contribution >= 0.6 is 22.6 Å². The second kappa shape index (κ2) is 3.39. The SMILES string of the molecule is CC[C@@]1(C)CO[C@@H](CI)C1. The van der Waals surface area contributed by atoms with E-state index in [-0.39, 0.29) is 0 Å². The summed E-state index contributed by atoms with van der Waals surface area (Å²) in [7, 11) is 0. The van der Waals surface area contributed by atoms with Gasteiger partial charge in [-0.15, -0.1) is 0 Å². The molecule has 0 aromatic carbocycles. The van der Waals surface area contributed by atoms with Crippen molar-refractivity contribution in [3.63, 3.8) is 0 Å². The zero-order valence-electron chi connectivity index (χ0n) is 6.69. The maximum atomic E-state index is 5.60. The number of alkyl halides is 1. The second-order valence-corrected chi connectivity index (χ2v) is 4.34. The molecular weight excluding hydrogens is 239 g/mol. The van der Waals surface area contributed by atoms with E-state index in [0.717, 1.165) is 11.0 Å². The summed E-state index contributed by atoms with van der Waals surface area (Å²) >= 11 is 2.40. The number of rotatable bonds is 2. The Hall–Kier alpha value is 0.690. The molecule has 0 aliphatic carbocycles. The summed E-state index contributed by atoms with van der Waals surface area (Å²) in [6.45, 7) is 5.54. The van der Waals surface area contributed by atoms with Crippen molar-refractivity contribution in [3.05, 3.63) is 0 Å². The molecule has 1 rings (SSSR count). The molecule has 1 fully saturated rings. The molecule has 2 atom stereocenters. The van der Waals surface area contributed by atoms with Crippen LogP contribution in [-0.4, -0.2) is 17.1 Å². The lowest BCUT2D eigenvalue weighted by Gasteiger charge is -2.18. The zero-order valence-corrected chi connectivity index (χ0v) is 8.85. The minimum atomic E-state index is 0.482. The molecule has 1 saturated heterocycles. The number of hydrogen-bond donors (Lipinski definition) is 0. The van der Waals surface area contributed by atoms with Crippen molar-refractivity contribution in [1.29, 1.82) is 0 Å². The fourth-order valence-electron chi connectivity index (χ4n) is 1.33. The molecule has 1 aliphatic heterocycles. The standard InChI is InChI=1S/C8H15IO/c1-3-8(2)4-7(5-9)10-6-8/h7H,3-6H2,1-2H3/t7-,8-/m1/s1. The lowest BCUT2D eigenvalue weighted by atomic mass is 9.85. The van der Waals surface area contributed by atoms with Crippen LogP contribution in [0.3, 0.4) is 0 Å². The van der Waals surface area contributed by atoms with Gasteiger partial charge in [0.25, 0.3) is 0 Å². The molecule has 60 valence electrons. The largest absolute Gasteiger partial charge is 0.377 e. The number of ether oxygens (including phenoxy) is 1. The van der Waals surface area contributed by atoms with Crippen molar-refractivity contribution in [2.45, 2.75) is 32.8 Å². The molecule has 10 heavy (non-hydrogen) atoms. The first-order valence-corrected chi connectivity index (χ1v) is 5.40. The second-order valence-electron chi connectivity index (χ2n) is 3.46. The van der Waals surface area contributed by atoms with Crippen LogP contribution in [0.5, 0.6) is 0 Å². The molecule has 0 N–H and O–H groups in total. The molecule has 0 saturated carbocycles. The fraction of sp³-hybridized carbons (Fsp3) is 1.00. The summed E-state index contributed by atoms with van der Waals surface area (Å²) in [6, 6.07) is 0. The van der Waals surface area contributed by atoms with Crippen LogP contribution in [0, 0.1) is 5.41 Å². The van der Waals surface area contributed by atoms with Gasteiger partial charge in [0.1, 0.15) is 0 Å². The van der Waals surface area contributed by atoms with Crippen LogP contribution in [0.25, 0.3) is 0 Å². The van der Waals surface area contributed by atoms with E-state index in [1.54, 1.807) is 0 Å². The highest BCUT2D eigenvalue weighted by Crippen LogP contribution is 2.35. The van der Waals surface area contributed by atoms with Crippen molar-refractivity contribution in [2.75, 3.05) is 11.0 Å². The fourth-order valence-corrected chi connectivity index (χ4v) is 1.90. The van der Waals surface area contributed by atoms with Gasteiger partial charge in [0, 0.05) is 4.43 Å². The lowest BCUT2D eigenvalue weighted by Crippen LogP contribution is -2.14. The van der Waals surface area contributed by atoms with Gasteiger partial charge in [-0.25, -0.2) is 0 Å². The van der Waals surface area contributed by atoms with E-state index in [0.29, 0.717) is 11.5 Å². The average Bonchev–Trinajstić information content (AvgIpc) is 2.33.